The zero-order valence-electron chi connectivity index (χ0n) is 12.4. The molecule has 0 rings (SSSR count). The van der Waals surface area contributed by atoms with Crippen LogP contribution in [0.15, 0.2) is 0 Å². The van der Waals surface area contributed by atoms with E-state index in [0.717, 1.165) is 19.8 Å². The highest BCUT2D eigenvalue weighted by atomic mass is 16.5. The van der Waals surface area contributed by atoms with Crippen LogP contribution in [0.4, 0.5) is 0 Å². The van der Waals surface area contributed by atoms with Crippen molar-refractivity contribution in [2.45, 2.75) is 72.3 Å². The Morgan fingerprint density at radius 3 is 2.18 bits per heavy atom. The highest BCUT2D eigenvalue weighted by Gasteiger charge is 2.11. The molecule has 0 spiro atoms. The molecule has 1 unspecified atom stereocenters. The van der Waals surface area contributed by atoms with E-state index in [2.05, 4.69) is 33.0 Å². The molecule has 0 aromatic heterocycles. The number of hydrogen-bond acceptors (Lipinski definition) is 2. The van der Waals surface area contributed by atoms with E-state index in [9.17, 15) is 0 Å². The third-order valence-electron chi connectivity index (χ3n) is 3.24. The third-order valence-corrected chi connectivity index (χ3v) is 3.24. The molecular weight excluding hydrogens is 210 g/mol. The molecule has 1 N–H and O–H groups in total. The summed E-state index contributed by atoms with van der Waals surface area (Å²) >= 11 is 0. The maximum Gasteiger partial charge on any atom is 0.0621 e. The van der Waals surface area contributed by atoms with Gasteiger partial charge in [0, 0.05) is 12.6 Å². The average molecular weight is 243 g/mol. The molecule has 0 radical (unpaired) electrons. The van der Waals surface area contributed by atoms with E-state index in [1.54, 1.807) is 0 Å². The molecule has 104 valence electrons. The Bertz CT molecular complexity index is 148. The number of ether oxygens (including phenoxy) is 1. The van der Waals surface area contributed by atoms with Crippen LogP contribution >= 0.6 is 0 Å². The molecule has 0 bridgehead atoms. The zero-order valence-corrected chi connectivity index (χ0v) is 12.4. The van der Waals surface area contributed by atoms with Crippen LogP contribution in [-0.4, -0.2) is 25.8 Å². The van der Waals surface area contributed by atoms with Gasteiger partial charge in [0.25, 0.3) is 0 Å². The second kappa shape index (κ2) is 12.4. The number of rotatable bonds is 12. The summed E-state index contributed by atoms with van der Waals surface area (Å²) < 4.78 is 5.50. The Morgan fingerprint density at radius 1 is 0.941 bits per heavy atom. The van der Waals surface area contributed by atoms with Crippen molar-refractivity contribution in [1.82, 2.24) is 5.32 Å². The maximum atomic E-state index is 5.50. The van der Waals surface area contributed by atoms with E-state index in [4.69, 9.17) is 4.74 Å². The van der Waals surface area contributed by atoms with Gasteiger partial charge in [-0.3, -0.25) is 0 Å². The molecule has 0 aliphatic rings. The second-order valence-electron chi connectivity index (χ2n) is 5.23. The lowest BCUT2D eigenvalue weighted by molar-refractivity contribution is 0.108. The molecule has 0 amide bonds. The summed E-state index contributed by atoms with van der Waals surface area (Å²) in [5.41, 5.74) is 0. The van der Waals surface area contributed by atoms with Crippen molar-refractivity contribution in [3.8, 4) is 0 Å². The van der Waals surface area contributed by atoms with Gasteiger partial charge in [0.1, 0.15) is 0 Å². The largest absolute Gasteiger partial charge is 0.380 e. The Balaban J connectivity index is 3.41. The van der Waals surface area contributed by atoms with Crippen molar-refractivity contribution in [3.05, 3.63) is 0 Å². The first kappa shape index (κ1) is 16.9. The van der Waals surface area contributed by atoms with Gasteiger partial charge in [-0.1, -0.05) is 52.9 Å². The van der Waals surface area contributed by atoms with E-state index in [1.165, 1.54) is 38.5 Å². The van der Waals surface area contributed by atoms with E-state index in [-0.39, 0.29) is 0 Å². The van der Waals surface area contributed by atoms with Crippen molar-refractivity contribution < 1.29 is 4.74 Å². The fourth-order valence-corrected chi connectivity index (χ4v) is 1.92. The van der Waals surface area contributed by atoms with Crippen LogP contribution < -0.4 is 5.32 Å². The second-order valence-corrected chi connectivity index (χ2v) is 5.23. The molecule has 1 atom stereocenters. The van der Waals surface area contributed by atoms with Crippen molar-refractivity contribution in [1.29, 1.82) is 0 Å². The number of hydrogen-bond donors (Lipinski definition) is 1. The van der Waals surface area contributed by atoms with E-state index in [1.807, 2.05) is 0 Å². The van der Waals surface area contributed by atoms with Crippen LogP contribution in [0.25, 0.3) is 0 Å². The topological polar surface area (TPSA) is 21.3 Å². The molecule has 17 heavy (non-hydrogen) atoms. The summed E-state index contributed by atoms with van der Waals surface area (Å²) in [4.78, 5) is 0. The minimum absolute atomic E-state index is 0.519. The monoisotopic (exact) mass is 243 g/mol. The van der Waals surface area contributed by atoms with Gasteiger partial charge in [0.05, 0.1) is 6.61 Å². The molecule has 0 aliphatic heterocycles. The van der Waals surface area contributed by atoms with Crippen LogP contribution in [0.2, 0.25) is 0 Å². The van der Waals surface area contributed by atoms with Crippen LogP contribution in [0.1, 0.15) is 66.2 Å². The van der Waals surface area contributed by atoms with Crippen LogP contribution in [0.5, 0.6) is 0 Å². The Kier molecular flexibility index (Phi) is 12.3. The fourth-order valence-electron chi connectivity index (χ4n) is 1.92. The van der Waals surface area contributed by atoms with Crippen LogP contribution in [0, 0.1) is 5.92 Å². The predicted octanol–water partition coefficient (Wildman–Crippen LogP) is 4.00. The summed E-state index contributed by atoms with van der Waals surface area (Å²) in [5, 5.41) is 3.62. The molecule has 0 fully saturated rings. The Morgan fingerprint density at radius 2 is 1.59 bits per heavy atom. The number of unbranched alkanes of at least 4 members (excludes halogenated alkanes) is 5. The van der Waals surface area contributed by atoms with Crippen molar-refractivity contribution >= 4 is 0 Å². The highest BCUT2D eigenvalue weighted by Crippen LogP contribution is 2.06. The fraction of sp³-hybridized carbons (Fsp3) is 1.00. The van der Waals surface area contributed by atoms with Gasteiger partial charge in [-0.15, -0.1) is 0 Å². The van der Waals surface area contributed by atoms with Gasteiger partial charge < -0.3 is 10.1 Å². The van der Waals surface area contributed by atoms with Crippen LogP contribution in [-0.2, 0) is 4.74 Å². The summed E-state index contributed by atoms with van der Waals surface area (Å²) in [7, 11) is 0. The van der Waals surface area contributed by atoms with Gasteiger partial charge in [-0.05, 0) is 25.8 Å². The van der Waals surface area contributed by atoms with E-state index in [0.29, 0.717) is 12.0 Å². The summed E-state index contributed by atoms with van der Waals surface area (Å²) in [6, 6.07) is 0.519. The van der Waals surface area contributed by atoms with E-state index < -0.39 is 0 Å². The molecule has 0 saturated heterocycles. The summed E-state index contributed by atoms with van der Waals surface area (Å²) in [5.74, 6) is 0.654. The molecule has 0 saturated carbocycles. The standard InChI is InChI=1S/C15H33NO/c1-5-7-8-9-10-11-12-16-15(14(3)4)13-17-6-2/h14-16H,5-13H2,1-4H3. The lowest BCUT2D eigenvalue weighted by atomic mass is 10.0. The van der Waals surface area contributed by atoms with Gasteiger partial charge in [0.15, 0.2) is 0 Å². The normalized spacial score (nSPS) is 13.2. The first-order valence-corrected chi connectivity index (χ1v) is 7.53. The predicted molar refractivity (Wildman–Crippen MR) is 76.5 cm³/mol. The minimum atomic E-state index is 0.519. The Labute approximate surface area is 109 Å². The molecule has 0 aliphatic carbocycles. The maximum absolute atomic E-state index is 5.50. The van der Waals surface area contributed by atoms with Crippen molar-refractivity contribution in [2.24, 2.45) is 5.92 Å². The highest BCUT2D eigenvalue weighted by molar-refractivity contribution is 4.69. The molecule has 0 aromatic rings. The minimum Gasteiger partial charge on any atom is -0.380 e. The Hall–Kier alpha value is -0.0800. The lowest BCUT2D eigenvalue weighted by Crippen LogP contribution is -2.38. The van der Waals surface area contributed by atoms with Crippen LogP contribution in [0.3, 0.4) is 0 Å². The molecule has 2 heteroatoms. The zero-order chi connectivity index (χ0) is 12.9. The summed E-state index contributed by atoms with van der Waals surface area (Å²) in [6.07, 6.45) is 8.20. The van der Waals surface area contributed by atoms with Gasteiger partial charge in [-0.25, -0.2) is 0 Å². The lowest BCUT2D eigenvalue weighted by Gasteiger charge is -2.22. The average Bonchev–Trinajstić information content (AvgIpc) is 2.31. The quantitative estimate of drug-likeness (QED) is 0.523. The first-order chi connectivity index (χ1) is 8.22. The summed E-state index contributed by atoms with van der Waals surface area (Å²) in [6.45, 7) is 11.7. The van der Waals surface area contributed by atoms with Crippen molar-refractivity contribution in [3.63, 3.8) is 0 Å². The first-order valence-electron chi connectivity index (χ1n) is 7.53. The molecular formula is C15H33NO. The van der Waals surface area contributed by atoms with Gasteiger partial charge in [-0.2, -0.15) is 0 Å². The van der Waals surface area contributed by atoms with Gasteiger partial charge >= 0.3 is 0 Å². The van der Waals surface area contributed by atoms with E-state index >= 15 is 0 Å². The third kappa shape index (κ3) is 10.8. The molecule has 0 aromatic carbocycles. The smallest absolute Gasteiger partial charge is 0.0621 e. The molecule has 2 nitrogen and oxygen atoms in total. The van der Waals surface area contributed by atoms with Gasteiger partial charge in [0.2, 0.25) is 0 Å². The molecule has 0 heterocycles. The van der Waals surface area contributed by atoms with Crippen molar-refractivity contribution in [2.75, 3.05) is 19.8 Å². The number of nitrogens with one attached hydrogen (secondary N) is 1. The SMILES string of the molecule is CCCCCCCCNC(COCC)C(C)C.